The van der Waals surface area contributed by atoms with Gasteiger partial charge in [-0.3, -0.25) is 0 Å². The molecule has 2 aromatic heterocycles. The van der Waals surface area contributed by atoms with Crippen molar-refractivity contribution in [2.45, 2.75) is 18.7 Å². The second-order valence-electron chi connectivity index (χ2n) is 7.77. The molecule has 0 amide bonds. The molecule has 0 bridgehead atoms. The van der Waals surface area contributed by atoms with E-state index >= 15 is 0 Å². The summed E-state index contributed by atoms with van der Waals surface area (Å²) in [7, 11) is 0. The van der Waals surface area contributed by atoms with E-state index in [9.17, 15) is 22.7 Å². The highest BCUT2D eigenvalue weighted by Crippen LogP contribution is 2.47. The highest BCUT2D eigenvalue weighted by Gasteiger charge is 2.57. The van der Waals surface area contributed by atoms with E-state index in [4.69, 9.17) is 0 Å². The van der Waals surface area contributed by atoms with Crippen LogP contribution >= 0.6 is 0 Å². The molecule has 32 heavy (non-hydrogen) atoms. The van der Waals surface area contributed by atoms with E-state index in [2.05, 4.69) is 10.1 Å². The Labute approximate surface area is 179 Å². The molecule has 1 unspecified atom stereocenters. The maximum atomic E-state index is 14.3. The Morgan fingerprint density at radius 1 is 0.969 bits per heavy atom. The summed E-state index contributed by atoms with van der Waals surface area (Å²) in [5, 5.41) is 15.8. The van der Waals surface area contributed by atoms with Gasteiger partial charge in [-0.2, -0.15) is 18.3 Å². The first kappa shape index (κ1) is 20.3. The normalized spacial score (nSPS) is 14.2. The average Bonchev–Trinajstić information content (AvgIpc) is 3.36. The second-order valence-corrected chi connectivity index (χ2v) is 7.77. The van der Waals surface area contributed by atoms with Gasteiger partial charge in [0.15, 0.2) is 0 Å². The van der Waals surface area contributed by atoms with E-state index < -0.39 is 23.2 Å². The van der Waals surface area contributed by atoms with Crippen LogP contribution in [0, 0.1) is 12.7 Å². The van der Waals surface area contributed by atoms with Gasteiger partial charge in [-0.15, -0.1) is 0 Å². The quantitative estimate of drug-likeness (QED) is 0.352. The van der Waals surface area contributed by atoms with Crippen molar-refractivity contribution < 1.29 is 22.7 Å². The Hall–Kier alpha value is -3.65. The van der Waals surface area contributed by atoms with E-state index in [1.807, 2.05) is 31.2 Å². The lowest BCUT2D eigenvalue weighted by Crippen LogP contribution is -2.43. The molecule has 2 N–H and O–H groups in total. The van der Waals surface area contributed by atoms with Gasteiger partial charge in [0, 0.05) is 28.0 Å². The Morgan fingerprint density at radius 3 is 2.44 bits per heavy atom. The van der Waals surface area contributed by atoms with Crippen molar-refractivity contribution in [3.05, 3.63) is 95.6 Å². The monoisotopic (exact) mass is 439 g/mol. The zero-order chi connectivity index (χ0) is 22.7. The number of hydrogen-bond donors (Lipinski definition) is 2. The zero-order valence-corrected chi connectivity index (χ0v) is 16.8. The third kappa shape index (κ3) is 2.98. The number of nitrogens with zero attached hydrogens (tertiary/aromatic N) is 2. The molecule has 2 heterocycles. The molecule has 5 aromatic rings. The van der Waals surface area contributed by atoms with Crippen molar-refractivity contribution in [3.8, 4) is 5.69 Å². The first-order valence-electron chi connectivity index (χ1n) is 9.80. The van der Waals surface area contributed by atoms with Crippen LogP contribution in [-0.4, -0.2) is 26.0 Å². The minimum atomic E-state index is -5.06. The fourth-order valence-electron chi connectivity index (χ4n) is 4.01. The fraction of sp³-hybridized carbons (Fsp3) is 0.125. The lowest BCUT2D eigenvalue weighted by atomic mass is 9.85. The van der Waals surface area contributed by atoms with Crippen LogP contribution < -0.4 is 0 Å². The Kier molecular flexibility index (Phi) is 4.39. The van der Waals surface area contributed by atoms with Gasteiger partial charge in [0.05, 0.1) is 17.4 Å². The summed E-state index contributed by atoms with van der Waals surface area (Å²) in [4.78, 5) is 2.69. The number of aryl methyl sites for hydroxylation is 1. The Bertz CT molecular complexity index is 1450. The van der Waals surface area contributed by atoms with E-state index in [0.29, 0.717) is 10.9 Å². The van der Waals surface area contributed by atoms with Crippen LogP contribution in [0.4, 0.5) is 17.6 Å². The molecule has 8 heteroatoms. The van der Waals surface area contributed by atoms with Gasteiger partial charge in [0.25, 0.3) is 0 Å². The average molecular weight is 439 g/mol. The fourth-order valence-corrected chi connectivity index (χ4v) is 4.01. The van der Waals surface area contributed by atoms with Crippen molar-refractivity contribution in [3.63, 3.8) is 0 Å². The predicted octanol–water partition coefficient (Wildman–Crippen LogP) is 5.75. The lowest BCUT2D eigenvalue weighted by molar-refractivity contribution is -0.247. The van der Waals surface area contributed by atoms with E-state index in [-0.39, 0.29) is 16.5 Å². The molecular weight excluding hydrogens is 422 g/mol. The number of aromatic nitrogens is 3. The number of nitrogens with one attached hydrogen (secondary N) is 1. The molecule has 1 atom stereocenters. The van der Waals surface area contributed by atoms with Crippen LogP contribution in [0.15, 0.2) is 73.1 Å². The van der Waals surface area contributed by atoms with Crippen molar-refractivity contribution in [1.82, 2.24) is 14.8 Å². The van der Waals surface area contributed by atoms with Crippen LogP contribution in [0.3, 0.4) is 0 Å². The maximum Gasteiger partial charge on any atom is 0.425 e. The Morgan fingerprint density at radius 2 is 1.72 bits per heavy atom. The van der Waals surface area contributed by atoms with Crippen LogP contribution in [0.2, 0.25) is 0 Å². The number of H-pyrrole nitrogens is 1. The molecule has 0 aliphatic rings. The summed E-state index contributed by atoms with van der Waals surface area (Å²) in [5.74, 6) is -0.697. The van der Waals surface area contributed by atoms with Gasteiger partial charge in [-0.25, -0.2) is 9.07 Å². The molecule has 0 saturated heterocycles. The van der Waals surface area contributed by atoms with E-state index in [0.717, 1.165) is 29.6 Å². The van der Waals surface area contributed by atoms with Crippen molar-refractivity contribution in [2.75, 3.05) is 0 Å². The number of fused-ring (bicyclic) bond motifs is 2. The first-order valence-corrected chi connectivity index (χ1v) is 9.80. The number of benzene rings is 3. The summed E-state index contributed by atoms with van der Waals surface area (Å²) in [6.07, 6.45) is -2.54. The van der Waals surface area contributed by atoms with Crippen molar-refractivity contribution >= 4 is 21.8 Å². The third-order valence-electron chi connectivity index (χ3n) is 5.71. The largest absolute Gasteiger partial charge is 0.425 e. The summed E-state index contributed by atoms with van der Waals surface area (Å²) in [6, 6.07) is 15.0. The Balaban J connectivity index is 1.70. The lowest BCUT2D eigenvalue weighted by Gasteiger charge is -2.31. The molecular formula is C24H17F4N3O. The molecule has 162 valence electrons. The summed E-state index contributed by atoms with van der Waals surface area (Å²) in [5.41, 5.74) is -1.49. The van der Waals surface area contributed by atoms with Crippen molar-refractivity contribution in [2.24, 2.45) is 0 Å². The highest BCUT2D eigenvalue weighted by molar-refractivity contribution is 5.86. The number of hydrogen-bond acceptors (Lipinski definition) is 2. The molecule has 0 saturated carbocycles. The molecule has 0 aliphatic heterocycles. The number of aromatic amines is 1. The molecule has 0 spiro atoms. The minimum absolute atomic E-state index is 0.0414. The molecule has 4 nitrogen and oxygen atoms in total. The first-order chi connectivity index (χ1) is 15.2. The SMILES string of the molecule is Cc1ccc(-n2ncc3cc(C(O)(c4c[nH]c5ccc(F)cc45)C(F)(F)F)ccc32)cc1. The van der Waals surface area contributed by atoms with Gasteiger partial charge >= 0.3 is 6.18 Å². The number of aliphatic hydroxyl groups is 1. The molecule has 3 aromatic carbocycles. The van der Waals surface area contributed by atoms with Crippen LogP contribution in [0.1, 0.15) is 16.7 Å². The number of halogens is 4. The van der Waals surface area contributed by atoms with Gasteiger partial charge in [-0.1, -0.05) is 23.8 Å². The number of rotatable bonds is 3. The zero-order valence-electron chi connectivity index (χ0n) is 16.8. The van der Waals surface area contributed by atoms with Gasteiger partial charge in [0.1, 0.15) is 5.82 Å². The maximum absolute atomic E-state index is 14.3. The standard InChI is InChI=1S/C24H17F4N3O/c1-14-2-6-18(7-3-14)31-22-9-4-16(10-15(22)12-30-31)23(32,24(26,27)28)20-13-29-21-8-5-17(25)11-19(20)21/h2-13,29,32H,1H3. The van der Waals surface area contributed by atoms with Gasteiger partial charge in [0.2, 0.25) is 5.60 Å². The predicted molar refractivity (Wildman–Crippen MR) is 113 cm³/mol. The number of alkyl halides is 3. The highest BCUT2D eigenvalue weighted by atomic mass is 19.4. The molecule has 0 fully saturated rings. The van der Waals surface area contributed by atoms with Crippen LogP contribution in [-0.2, 0) is 5.60 Å². The van der Waals surface area contributed by atoms with Crippen LogP contribution in [0.25, 0.3) is 27.5 Å². The summed E-state index contributed by atoms with van der Waals surface area (Å²) < 4.78 is 58.3. The molecule has 0 radical (unpaired) electrons. The molecule has 5 rings (SSSR count). The minimum Gasteiger partial charge on any atom is -0.372 e. The molecule has 0 aliphatic carbocycles. The third-order valence-corrected chi connectivity index (χ3v) is 5.71. The summed E-state index contributed by atoms with van der Waals surface area (Å²) in [6.45, 7) is 1.95. The van der Waals surface area contributed by atoms with Crippen LogP contribution in [0.5, 0.6) is 0 Å². The second kappa shape index (κ2) is 6.93. The van der Waals surface area contributed by atoms with Gasteiger partial charge < -0.3 is 10.1 Å². The van der Waals surface area contributed by atoms with E-state index in [1.54, 1.807) is 4.68 Å². The van der Waals surface area contributed by atoms with Gasteiger partial charge in [-0.05, 0) is 55.0 Å². The smallest absolute Gasteiger partial charge is 0.372 e. The van der Waals surface area contributed by atoms with E-state index in [1.165, 1.54) is 30.5 Å². The topological polar surface area (TPSA) is 53.8 Å². The summed E-state index contributed by atoms with van der Waals surface area (Å²) >= 11 is 0. The van der Waals surface area contributed by atoms with Crippen molar-refractivity contribution in [1.29, 1.82) is 0 Å².